The number of anilines is 1. The normalized spacial score (nSPS) is 14.5. The summed E-state index contributed by atoms with van der Waals surface area (Å²) in [6.45, 7) is 0. The molecule has 0 amide bonds. The molecule has 3 nitrogen and oxygen atoms in total. The summed E-state index contributed by atoms with van der Waals surface area (Å²) in [5.74, 6) is 1.46. The number of nitrogens with two attached hydrogens (primary N) is 1. The summed E-state index contributed by atoms with van der Waals surface area (Å²) in [6, 6.07) is 3.66. The quantitative estimate of drug-likeness (QED) is 0.633. The Morgan fingerprint density at radius 2 is 2.36 bits per heavy atom. The fourth-order valence-corrected chi connectivity index (χ4v) is 1.65. The zero-order chi connectivity index (χ0) is 7.68. The van der Waals surface area contributed by atoms with E-state index in [1.807, 2.05) is 12.3 Å². The molecule has 0 unspecified atom stereocenters. The molecule has 1 aromatic heterocycles. The van der Waals surface area contributed by atoms with Crippen LogP contribution in [0.25, 0.3) is 0 Å². The van der Waals surface area contributed by atoms with Crippen molar-refractivity contribution in [2.45, 2.75) is 5.03 Å². The predicted molar refractivity (Wildman–Crippen MR) is 47.5 cm³/mol. The van der Waals surface area contributed by atoms with E-state index >= 15 is 0 Å². The highest BCUT2D eigenvalue weighted by molar-refractivity contribution is 8.00. The standard InChI is InChI=1S/C7H7N3S/c8-6-2-1-5-7(10-6)11-4-3-9-5/h1-3H,4H2,(H2,8,10). The lowest BCUT2D eigenvalue weighted by Gasteiger charge is -2.07. The molecule has 56 valence electrons. The van der Waals surface area contributed by atoms with Crippen LogP contribution < -0.4 is 5.73 Å². The Kier molecular flexibility index (Phi) is 1.54. The number of aromatic nitrogens is 1. The van der Waals surface area contributed by atoms with Gasteiger partial charge in [0.15, 0.2) is 0 Å². The first-order valence-corrected chi connectivity index (χ1v) is 4.27. The smallest absolute Gasteiger partial charge is 0.124 e. The molecule has 0 radical (unpaired) electrons. The van der Waals surface area contributed by atoms with Crippen molar-refractivity contribution in [3.8, 4) is 0 Å². The number of nitrogen functional groups attached to an aromatic ring is 1. The summed E-state index contributed by atoms with van der Waals surface area (Å²) < 4.78 is 0. The number of thioether (sulfide) groups is 1. The highest BCUT2D eigenvalue weighted by Gasteiger charge is 2.06. The molecular formula is C7H7N3S. The molecule has 0 fully saturated rings. The van der Waals surface area contributed by atoms with Crippen molar-refractivity contribution in [1.29, 1.82) is 0 Å². The highest BCUT2D eigenvalue weighted by atomic mass is 32.2. The van der Waals surface area contributed by atoms with Gasteiger partial charge in [0.25, 0.3) is 0 Å². The average Bonchev–Trinajstić information content (AvgIpc) is 2.04. The molecule has 2 heterocycles. The molecule has 11 heavy (non-hydrogen) atoms. The summed E-state index contributed by atoms with van der Waals surface area (Å²) in [6.07, 6.45) is 1.88. The maximum atomic E-state index is 5.51. The largest absolute Gasteiger partial charge is 0.384 e. The molecule has 0 saturated heterocycles. The topological polar surface area (TPSA) is 51.3 Å². The van der Waals surface area contributed by atoms with Gasteiger partial charge >= 0.3 is 0 Å². The van der Waals surface area contributed by atoms with Crippen LogP contribution in [-0.4, -0.2) is 17.0 Å². The SMILES string of the molecule is Nc1ccc2c(n1)SCC=N2. The van der Waals surface area contributed by atoms with Crippen LogP contribution in [0.2, 0.25) is 0 Å². The Morgan fingerprint density at radius 3 is 3.27 bits per heavy atom. The first kappa shape index (κ1) is 6.67. The van der Waals surface area contributed by atoms with Crippen molar-refractivity contribution in [3.05, 3.63) is 12.1 Å². The summed E-state index contributed by atoms with van der Waals surface area (Å²) in [7, 11) is 0. The molecule has 2 N–H and O–H groups in total. The molecule has 0 bridgehead atoms. The lowest BCUT2D eigenvalue weighted by Crippen LogP contribution is -1.95. The maximum absolute atomic E-state index is 5.51. The van der Waals surface area contributed by atoms with Crippen LogP contribution in [0.4, 0.5) is 11.5 Å². The van der Waals surface area contributed by atoms with Gasteiger partial charge in [-0.05, 0) is 12.1 Å². The van der Waals surface area contributed by atoms with Gasteiger partial charge in [-0.15, -0.1) is 0 Å². The Hall–Kier alpha value is -1.03. The van der Waals surface area contributed by atoms with Crippen molar-refractivity contribution in [3.63, 3.8) is 0 Å². The van der Waals surface area contributed by atoms with Gasteiger partial charge in [0.05, 0.1) is 5.69 Å². The van der Waals surface area contributed by atoms with E-state index in [0.717, 1.165) is 16.5 Å². The van der Waals surface area contributed by atoms with E-state index in [1.54, 1.807) is 17.8 Å². The third-order valence-corrected chi connectivity index (χ3v) is 2.28. The number of pyridine rings is 1. The van der Waals surface area contributed by atoms with Crippen LogP contribution in [0.3, 0.4) is 0 Å². The highest BCUT2D eigenvalue weighted by Crippen LogP contribution is 2.30. The van der Waals surface area contributed by atoms with Crippen molar-refractivity contribution >= 4 is 29.5 Å². The Balaban J connectivity index is 2.53. The van der Waals surface area contributed by atoms with Gasteiger partial charge in [-0.1, -0.05) is 11.8 Å². The van der Waals surface area contributed by atoms with E-state index in [1.165, 1.54) is 0 Å². The molecule has 2 rings (SSSR count). The zero-order valence-corrected chi connectivity index (χ0v) is 6.64. The Morgan fingerprint density at radius 1 is 1.45 bits per heavy atom. The average molecular weight is 165 g/mol. The van der Waals surface area contributed by atoms with Gasteiger partial charge in [0, 0.05) is 12.0 Å². The van der Waals surface area contributed by atoms with Gasteiger partial charge in [-0.25, -0.2) is 4.98 Å². The second-order valence-corrected chi connectivity index (χ2v) is 3.19. The van der Waals surface area contributed by atoms with Gasteiger partial charge < -0.3 is 5.73 Å². The second-order valence-electron chi connectivity index (χ2n) is 2.18. The van der Waals surface area contributed by atoms with Crippen LogP contribution in [0.5, 0.6) is 0 Å². The first-order chi connectivity index (χ1) is 5.36. The van der Waals surface area contributed by atoms with Gasteiger partial charge in [0.1, 0.15) is 10.8 Å². The summed E-state index contributed by atoms with van der Waals surface area (Å²) in [5, 5.41) is 0.938. The number of nitrogens with zero attached hydrogens (tertiary/aromatic N) is 2. The molecule has 0 spiro atoms. The number of hydrogen-bond donors (Lipinski definition) is 1. The van der Waals surface area contributed by atoms with Gasteiger partial charge in [-0.2, -0.15) is 0 Å². The third kappa shape index (κ3) is 1.21. The molecule has 1 aliphatic heterocycles. The summed E-state index contributed by atoms with van der Waals surface area (Å²) >= 11 is 1.66. The number of fused-ring (bicyclic) bond motifs is 1. The minimum Gasteiger partial charge on any atom is -0.384 e. The number of hydrogen-bond acceptors (Lipinski definition) is 4. The van der Waals surface area contributed by atoms with E-state index in [0.29, 0.717) is 5.82 Å². The van der Waals surface area contributed by atoms with Crippen molar-refractivity contribution < 1.29 is 0 Å². The van der Waals surface area contributed by atoms with E-state index in [9.17, 15) is 0 Å². The Labute approximate surface area is 68.7 Å². The first-order valence-electron chi connectivity index (χ1n) is 3.28. The van der Waals surface area contributed by atoms with Crippen LogP contribution in [-0.2, 0) is 0 Å². The van der Waals surface area contributed by atoms with Crippen LogP contribution in [0.1, 0.15) is 0 Å². The molecule has 0 saturated carbocycles. The molecule has 4 heteroatoms. The molecule has 0 aromatic carbocycles. The van der Waals surface area contributed by atoms with E-state index < -0.39 is 0 Å². The molecule has 0 atom stereocenters. The number of aliphatic imine (C=N–C) groups is 1. The fourth-order valence-electron chi connectivity index (χ4n) is 0.904. The number of rotatable bonds is 0. The second kappa shape index (κ2) is 2.54. The van der Waals surface area contributed by atoms with E-state index in [-0.39, 0.29) is 0 Å². The third-order valence-electron chi connectivity index (χ3n) is 1.39. The monoisotopic (exact) mass is 165 g/mol. The van der Waals surface area contributed by atoms with Crippen LogP contribution in [0, 0.1) is 0 Å². The van der Waals surface area contributed by atoms with Crippen molar-refractivity contribution in [2.24, 2.45) is 4.99 Å². The molecule has 1 aliphatic rings. The van der Waals surface area contributed by atoms with Crippen molar-refractivity contribution in [2.75, 3.05) is 11.5 Å². The molecule has 1 aromatic rings. The predicted octanol–water partition coefficient (Wildman–Crippen LogP) is 1.47. The summed E-state index contributed by atoms with van der Waals surface area (Å²) in [5.41, 5.74) is 6.43. The lowest BCUT2D eigenvalue weighted by molar-refractivity contribution is 1.13. The van der Waals surface area contributed by atoms with E-state index in [2.05, 4.69) is 9.98 Å². The Bertz CT molecular complexity index is 309. The minimum atomic E-state index is 0.563. The van der Waals surface area contributed by atoms with Crippen LogP contribution in [0.15, 0.2) is 22.2 Å². The van der Waals surface area contributed by atoms with Crippen LogP contribution >= 0.6 is 11.8 Å². The maximum Gasteiger partial charge on any atom is 0.124 e. The van der Waals surface area contributed by atoms with Gasteiger partial charge in [0.2, 0.25) is 0 Å². The summed E-state index contributed by atoms with van der Waals surface area (Å²) in [4.78, 5) is 8.31. The lowest BCUT2D eigenvalue weighted by atomic mass is 10.4. The molecular weight excluding hydrogens is 158 g/mol. The van der Waals surface area contributed by atoms with Crippen molar-refractivity contribution in [1.82, 2.24) is 4.98 Å². The minimum absolute atomic E-state index is 0.563. The zero-order valence-electron chi connectivity index (χ0n) is 5.82. The van der Waals surface area contributed by atoms with E-state index in [4.69, 9.17) is 5.73 Å². The van der Waals surface area contributed by atoms with Gasteiger partial charge in [-0.3, -0.25) is 4.99 Å². The molecule has 0 aliphatic carbocycles. The fraction of sp³-hybridized carbons (Fsp3) is 0.143.